The van der Waals surface area contributed by atoms with Gasteiger partial charge in [0.25, 0.3) is 0 Å². The molecule has 0 radical (unpaired) electrons. The molecule has 0 aromatic heterocycles. The number of allylic oxidation sites excluding steroid dienone is 8. The van der Waals surface area contributed by atoms with Crippen LogP contribution in [0.4, 0.5) is 0 Å². The van der Waals surface area contributed by atoms with Crippen molar-refractivity contribution in [3.63, 3.8) is 0 Å². The van der Waals surface area contributed by atoms with Crippen LogP contribution in [0.25, 0.3) is 0 Å². The molecule has 0 spiro atoms. The number of hydrogen-bond donors (Lipinski definition) is 0. The van der Waals surface area contributed by atoms with Gasteiger partial charge in [-0.3, -0.25) is 12.2 Å². The molecular weight excluding hydrogens is 611 g/mol. The zero-order chi connectivity index (χ0) is 21.4. The number of benzene rings is 2. The standard InChI is InChI=1S/C12H11P.2C5H5.CH2Cl2.2ClH.Fe.Pd/c1-3-7-11(8-4-1)13-12-9-5-2-6-10-12;2*1-2-4-5-3-1;2-1-3;;;;/h1-10,13H;2*1-3H,4H2;1H2;2*1H;;/q;2*-1;;;;2*+2/p-2. The second kappa shape index (κ2) is 27.2. The van der Waals surface area contributed by atoms with Gasteiger partial charge in [0, 0.05) is 0 Å². The summed E-state index contributed by atoms with van der Waals surface area (Å²) in [5.41, 5.74) is 0. The average molecular weight is 634 g/mol. The maximum atomic E-state index is 4.81. The van der Waals surface area contributed by atoms with Crippen molar-refractivity contribution in [3.8, 4) is 0 Å². The monoisotopic (exact) mass is 632 g/mol. The fourth-order valence-electron chi connectivity index (χ4n) is 1.89. The summed E-state index contributed by atoms with van der Waals surface area (Å²) in [7, 11) is 10.4. The molecule has 0 saturated heterocycles. The Morgan fingerprint density at radius 3 is 1.27 bits per heavy atom. The van der Waals surface area contributed by atoms with Gasteiger partial charge in [0.05, 0.1) is 5.34 Å². The van der Waals surface area contributed by atoms with Crippen molar-refractivity contribution in [3.05, 3.63) is 109 Å². The molecule has 2 aliphatic rings. The first kappa shape index (κ1) is 32.4. The van der Waals surface area contributed by atoms with Crippen molar-refractivity contribution < 1.29 is 33.0 Å². The minimum atomic E-state index is -0.106. The molecule has 0 unspecified atom stereocenters. The molecule has 7 heteroatoms. The van der Waals surface area contributed by atoms with Gasteiger partial charge >= 0.3 is 52.1 Å². The summed E-state index contributed by atoms with van der Waals surface area (Å²) in [6, 6.07) is 21.2. The summed E-state index contributed by atoms with van der Waals surface area (Å²) in [6.45, 7) is 0. The first-order valence-corrected chi connectivity index (χ1v) is 14.6. The first-order valence-electron chi connectivity index (χ1n) is 8.53. The van der Waals surface area contributed by atoms with Crippen molar-refractivity contribution in [2.75, 3.05) is 5.34 Å². The van der Waals surface area contributed by atoms with Crippen molar-refractivity contribution >= 4 is 61.4 Å². The van der Waals surface area contributed by atoms with Gasteiger partial charge in [-0.15, -0.1) is 36.0 Å². The number of halogens is 4. The molecule has 0 saturated carbocycles. The summed E-state index contributed by atoms with van der Waals surface area (Å²) < 4.78 is 0. The minimum absolute atomic E-state index is 0. The van der Waals surface area contributed by atoms with Gasteiger partial charge in [-0.05, 0) is 10.6 Å². The zero-order valence-corrected chi connectivity index (χ0v) is 22.7. The molecule has 2 aliphatic carbocycles. The van der Waals surface area contributed by atoms with Crippen LogP contribution < -0.4 is 10.6 Å². The minimum Gasteiger partial charge on any atom is -0.0622 e. The maximum absolute atomic E-state index is 4.81. The molecule has 0 nitrogen and oxygen atoms in total. The van der Waals surface area contributed by atoms with E-state index in [1.165, 1.54) is 10.6 Å². The van der Waals surface area contributed by atoms with Gasteiger partial charge in [0.2, 0.25) is 0 Å². The average Bonchev–Trinajstić information content (AvgIpc) is 3.50. The van der Waals surface area contributed by atoms with E-state index in [9.17, 15) is 0 Å². The van der Waals surface area contributed by atoms with Crippen LogP contribution in [-0.4, -0.2) is 5.34 Å². The van der Waals surface area contributed by atoms with Gasteiger partial charge in [0.1, 0.15) is 0 Å². The van der Waals surface area contributed by atoms with Crippen LogP contribution in [0.15, 0.2) is 97.1 Å². The smallest absolute Gasteiger partial charge is 0.0622 e. The molecule has 0 heterocycles. The van der Waals surface area contributed by atoms with E-state index in [1.807, 2.05) is 24.3 Å². The van der Waals surface area contributed by atoms with Crippen LogP contribution in [0.1, 0.15) is 12.8 Å². The van der Waals surface area contributed by atoms with Crippen LogP contribution in [0, 0.1) is 12.2 Å². The summed E-state index contributed by atoms with van der Waals surface area (Å²) in [5, 5.41) is 2.99. The van der Waals surface area contributed by atoms with Crippen LogP contribution in [-0.2, 0) is 33.0 Å². The quantitative estimate of drug-likeness (QED) is 0.137. The number of alkyl halides is 2. The van der Waals surface area contributed by atoms with Crippen molar-refractivity contribution in [1.82, 2.24) is 0 Å². The van der Waals surface area contributed by atoms with Crippen LogP contribution in [0.2, 0.25) is 0 Å². The normalized spacial score (nSPS) is 11.5. The third kappa shape index (κ3) is 22.8. The third-order valence-corrected chi connectivity index (χ3v) is 4.25. The maximum Gasteiger partial charge on any atom is 2.00 e. The van der Waals surface area contributed by atoms with E-state index < -0.39 is 0 Å². The molecular formula is C23H23Cl4FePPd. The Morgan fingerprint density at radius 1 is 0.733 bits per heavy atom. The SMILES string of the molecule is ClCCl.[C-]1=CC=CC1.[C-]1=CC=CC1.[Cl][Pd][Cl].[Fe+2].c1ccc(Pc2ccccc2)cc1. The molecule has 4 rings (SSSR count). The van der Waals surface area contributed by atoms with E-state index in [4.69, 9.17) is 42.3 Å². The molecule has 30 heavy (non-hydrogen) atoms. The molecule has 0 N–H and O–H groups in total. The predicted octanol–water partition coefficient (Wildman–Crippen LogP) is 7.72. The molecule has 166 valence electrons. The Kier molecular flexibility index (Phi) is 29.3. The van der Waals surface area contributed by atoms with Crippen molar-refractivity contribution in [1.29, 1.82) is 0 Å². The van der Waals surface area contributed by atoms with E-state index >= 15 is 0 Å². The van der Waals surface area contributed by atoms with Crippen molar-refractivity contribution in [2.45, 2.75) is 12.8 Å². The zero-order valence-electron chi connectivity index (χ0n) is 16.0. The Balaban J connectivity index is 0. The fourth-order valence-corrected chi connectivity index (χ4v) is 2.94. The van der Waals surface area contributed by atoms with Gasteiger partial charge in [-0.2, -0.15) is 12.2 Å². The van der Waals surface area contributed by atoms with E-state index in [-0.39, 0.29) is 38.3 Å². The number of rotatable bonds is 2. The van der Waals surface area contributed by atoms with Gasteiger partial charge < -0.3 is 0 Å². The largest absolute Gasteiger partial charge is 2.00 e. The van der Waals surface area contributed by atoms with Crippen LogP contribution in [0.5, 0.6) is 0 Å². The van der Waals surface area contributed by atoms with E-state index in [0.717, 1.165) is 21.4 Å². The predicted molar refractivity (Wildman–Crippen MR) is 132 cm³/mol. The van der Waals surface area contributed by atoms with Crippen LogP contribution in [0.3, 0.4) is 0 Å². The summed E-state index contributed by atoms with van der Waals surface area (Å²) in [5.74, 6) is 0. The van der Waals surface area contributed by atoms with Crippen molar-refractivity contribution in [2.24, 2.45) is 0 Å². The second-order valence-corrected chi connectivity index (χ2v) is 9.58. The summed E-state index contributed by atoms with van der Waals surface area (Å²) in [4.78, 5) is 0. The topological polar surface area (TPSA) is 0 Å². The van der Waals surface area contributed by atoms with Crippen LogP contribution >= 0.6 is 50.8 Å². The third-order valence-electron chi connectivity index (χ3n) is 3.01. The molecule has 2 aromatic carbocycles. The van der Waals surface area contributed by atoms with E-state index in [2.05, 4.69) is 85.0 Å². The molecule has 0 fully saturated rings. The molecule has 0 bridgehead atoms. The summed E-state index contributed by atoms with van der Waals surface area (Å²) in [6.07, 6.45) is 20.0. The van der Waals surface area contributed by atoms with Gasteiger partial charge in [0.15, 0.2) is 0 Å². The Labute approximate surface area is 220 Å². The molecule has 2 aromatic rings. The van der Waals surface area contributed by atoms with E-state index in [0.29, 0.717) is 0 Å². The van der Waals surface area contributed by atoms with E-state index in [1.54, 1.807) is 0 Å². The number of hydrogen-bond acceptors (Lipinski definition) is 0. The Bertz CT molecular complexity index is 626. The second-order valence-electron chi connectivity index (χ2n) is 5.01. The first-order chi connectivity index (χ1) is 14.3. The molecule has 0 amide bonds. The molecule has 0 atom stereocenters. The van der Waals surface area contributed by atoms with Gasteiger partial charge in [-0.1, -0.05) is 69.2 Å². The summed E-state index contributed by atoms with van der Waals surface area (Å²) >= 11 is 9.42. The van der Waals surface area contributed by atoms with Gasteiger partial charge in [-0.25, -0.2) is 24.3 Å². The molecule has 0 aliphatic heterocycles. The fraction of sp³-hybridized carbons (Fsp3) is 0.130. The Morgan fingerprint density at radius 2 is 1.07 bits per heavy atom. The Hall–Kier alpha value is 0.172.